The Morgan fingerprint density at radius 3 is 1.73 bits per heavy atom. The van der Waals surface area contributed by atoms with Gasteiger partial charge in [-0.3, -0.25) is 0 Å². The Kier molecular flexibility index (Phi) is 13.1. The summed E-state index contributed by atoms with van der Waals surface area (Å²) in [5.74, 6) is 1.35. The van der Waals surface area contributed by atoms with Crippen molar-refractivity contribution in [2.24, 2.45) is 0 Å². The zero-order valence-corrected chi connectivity index (χ0v) is 23.9. The van der Waals surface area contributed by atoms with Crippen LogP contribution in [0, 0.1) is 0 Å². The number of rotatable bonds is 18. The van der Waals surface area contributed by atoms with Gasteiger partial charge in [-0.15, -0.1) is 0 Å². The average Bonchev–Trinajstić information content (AvgIpc) is 2.97. The summed E-state index contributed by atoms with van der Waals surface area (Å²) in [5.41, 5.74) is 0.939. The van der Waals surface area contributed by atoms with Crippen molar-refractivity contribution in [3.05, 3.63) is 78.4 Å². The van der Waals surface area contributed by atoms with E-state index in [0.29, 0.717) is 30.1 Å². The van der Waals surface area contributed by atoms with Crippen LogP contribution >= 0.6 is 0 Å². The van der Waals surface area contributed by atoms with Crippen LogP contribution in [-0.4, -0.2) is 32.3 Å². The Bertz CT molecular complexity index is 1230. The molecule has 0 amide bonds. The molecular weight excluding hydrogens is 504 g/mol. The van der Waals surface area contributed by atoms with Gasteiger partial charge in [0.15, 0.2) is 0 Å². The first-order valence-electron chi connectivity index (χ1n) is 14.3. The van der Waals surface area contributed by atoms with Crippen LogP contribution in [0.5, 0.6) is 17.2 Å². The molecule has 0 N–H and O–H groups in total. The molecule has 0 saturated carbocycles. The lowest BCUT2D eigenvalue weighted by Crippen LogP contribution is -2.08. The second-order valence-electron chi connectivity index (χ2n) is 10.1. The van der Waals surface area contributed by atoms with Crippen molar-refractivity contribution in [1.29, 1.82) is 0 Å². The highest BCUT2D eigenvalue weighted by molar-refractivity contribution is 5.92. The van der Waals surface area contributed by atoms with Crippen LogP contribution in [0.15, 0.2) is 72.8 Å². The predicted molar refractivity (Wildman–Crippen MR) is 159 cm³/mol. The van der Waals surface area contributed by atoms with Crippen LogP contribution < -0.4 is 14.2 Å². The van der Waals surface area contributed by atoms with E-state index < -0.39 is 5.97 Å². The van der Waals surface area contributed by atoms with E-state index in [1.807, 2.05) is 42.5 Å². The molecule has 6 heteroatoms. The summed E-state index contributed by atoms with van der Waals surface area (Å²) in [6.07, 6.45) is 11.6. The minimum Gasteiger partial charge on any atom is -0.497 e. The lowest BCUT2D eigenvalue weighted by atomic mass is 10.1. The largest absolute Gasteiger partial charge is 0.497 e. The van der Waals surface area contributed by atoms with Gasteiger partial charge in [-0.1, -0.05) is 70.1 Å². The van der Waals surface area contributed by atoms with E-state index in [1.165, 1.54) is 38.5 Å². The quantitative estimate of drug-likeness (QED) is 0.0690. The van der Waals surface area contributed by atoms with Crippen molar-refractivity contribution in [2.75, 3.05) is 20.3 Å². The summed E-state index contributed by atoms with van der Waals surface area (Å²) in [4.78, 5) is 23.9. The fourth-order valence-electron chi connectivity index (χ4n) is 4.34. The summed E-state index contributed by atoms with van der Waals surface area (Å²) < 4.78 is 21.8. The molecule has 0 fully saturated rings. The number of benzene rings is 3. The molecule has 40 heavy (non-hydrogen) atoms. The van der Waals surface area contributed by atoms with Gasteiger partial charge < -0.3 is 18.9 Å². The Hall–Kier alpha value is -3.80. The Labute approximate surface area is 238 Å². The van der Waals surface area contributed by atoms with Crippen LogP contribution in [0.25, 0.3) is 10.8 Å². The van der Waals surface area contributed by atoms with Crippen LogP contribution in [0.1, 0.15) is 81.5 Å². The van der Waals surface area contributed by atoms with E-state index in [0.717, 1.165) is 48.0 Å². The van der Waals surface area contributed by atoms with E-state index in [1.54, 1.807) is 32.2 Å². The third-order valence-corrected chi connectivity index (χ3v) is 6.71. The van der Waals surface area contributed by atoms with Crippen LogP contribution in [0.2, 0.25) is 0 Å². The highest BCUT2D eigenvalue weighted by atomic mass is 16.5. The highest BCUT2D eigenvalue weighted by Crippen LogP contribution is 2.25. The van der Waals surface area contributed by atoms with Crippen molar-refractivity contribution in [2.45, 2.75) is 71.1 Å². The number of fused-ring (bicyclic) bond motifs is 1. The van der Waals surface area contributed by atoms with Crippen molar-refractivity contribution in [1.82, 2.24) is 0 Å². The topological polar surface area (TPSA) is 71.1 Å². The first-order chi connectivity index (χ1) is 19.5. The third-order valence-electron chi connectivity index (χ3n) is 6.71. The molecule has 0 aliphatic rings. The van der Waals surface area contributed by atoms with Crippen LogP contribution in [0.3, 0.4) is 0 Å². The minimum absolute atomic E-state index is 0.291. The molecule has 3 rings (SSSR count). The SMILES string of the molecule is C=C(C)C(=O)OCCCCCCCCCCCCOc1ccc(C(=O)Oc2ccc3cc(OC)ccc3c2)cc1. The molecule has 0 spiro atoms. The van der Waals surface area contributed by atoms with Gasteiger partial charge in [-0.25, -0.2) is 9.59 Å². The summed E-state index contributed by atoms with van der Waals surface area (Å²) in [6.45, 7) is 6.41. The molecule has 0 aromatic heterocycles. The molecule has 0 radical (unpaired) electrons. The molecule has 3 aromatic carbocycles. The van der Waals surface area contributed by atoms with Gasteiger partial charge in [0.25, 0.3) is 0 Å². The van der Waals surface area contributed by atoms with Gasteiger partial charge in [0.05, 0.1) is 25.9 Å². The normalized spacial score (nSPS) is 10.8. The third kappa shape index (κ3) is 10.8. The molecule has 0 saturated heterocycles. The van der Waals surface area contributed by atoms with Gasteiger partial charge in [-0.2, -0.15) is 0 Å². The summed E-state index contributed by atoms with van der Waals surface area (Å²) in [5, 5.41) is 1.99. The first kappa shape index (κ1) is 30.7. The number of methoxy groups -OCH3 is 1. The molecule has 0 unspecified atom stereocenters. The molecule has 0 atom stereocenters. The van der Waals surface area contributed by atoms with Crippen molar-refractivity contribution < 1.29 is 28.5 Å². The Balaban J connectivity index is 1.22. The summed E-state index contributed by atoms with van der Waals surface area (Å²) >= 11 is 0. The van der Waals surface area contributed by atoms with E-state index in [4.69, 9.17) is 18.9 Å². The number of unbranched alkanes of at least 4 members (excludes halogenated alkanes) is 9. The molecule has 214 valence electrons. The lowest BCUT2D eigenvalue weighted by molar-refractivity contribution is -0.139. The number of ether oxygens (including phenoxy) is 4. The zero-order valence-electron chi connectivity index (χ0n) is 23.9. The van der Waals surface area contributed by atoms with E-state index in [9.17, 15) is 9.59 Å². The maximum atomic E-state index is 12.6. The molecule has 0 aliphatic carbocycles. The highest BCUT2D eigenvalue weighted by Gasteiger charge is 2.10. The van der Waals surface area contributed by atoms with Crippen LogP contribution in [0.4, 0.5) is 0 Å². The number of carbonyl (C=O) groups excluding carboxylic acids is 2. The summed E-state index contributed by atoms with van der Waals surface area (Å²) in [7, 11) is 1.64. The van der Waals surface area contributed by atoms with Gasteiger partial charge in [0.1, 0.15) is 17.2 Å². The van der Waals surface area contributed by atoms with E-state index >= 15 is 0 Å². The fraction of sp³-hybridized carbons (Fsp3) is 0.412. The zero-order chi connectivity index (χ0) is 28.6. The van der Waals surface area contributed by atoms with Crippen molar-refractivity contribution >= 4 is 22.7 Å². The van der Waals surface area contributed by atoms with Crippen molar-refractivity contribution in [3.63, 3.8) is 0 Å². The lowest BCUT2D eigenvalue weighted by Gasteiger charge is -2.09. The summed E-state index contributed by atoms with van der Waals surface area (Å²) in [6, 6.07) is 18.4. The van der Waals surface area contributed by atoms with Crippen LogP contribution in [-0.2, 0) is 9.53 Å². The Morgan fingerprint density at radius 2 is 1.15 bits per heavy atom. The molecule has 6 nitrogen and oxygen atoms in total. The van der Waals surface area contributed by atoms with E-state index in [-0.39, 0.29) is 5.97 Å². The van der Waals surface area contributed by atoms with Crippen molar-refractivity contribution in [3.8, 4) is 17.2 Å². The second kappa shape index (κ2) is 17.0. The molecule has 3 aromatic rings. The molecule has 0 heterocycles. The second-order valence-corrected chi connectivity index (χ2v) is 10.1. The molecular formula is C34H42O6. The smallest absolute Gasteiger partial charge is 0.343 e. The monoisotopic (exact) mass is 546 g/mol. The standard InChI is InChI=1S/C34H42O6/c1-26(2)33(35)39-23-13-11-9-7-5-4-6-8-10-12-22-38-30-18-14-27(15-19-30)34(36)40-32-21-17-28-24-31(37-3)20-16-29(28)25-32/h14-21,24-25H,1,4-13,22-23H2,2-3H3. The number of esters is 2. The minimum atomic E-state index is -0.400. The Morgan fingerprint density at radius 1 is 0.650 bits per heavy atom. The number of hydrogen-bond donors (Lipinski definition) is 0. The average molecular weight is 547 g/mol. The van der Waals surface area contributed by atoms with Gasteiger partial charge in [-0.05, 0) is 79.1 Å². The number of carbonyl (C=O) groups is 2. The molecule has 0 bridgehead atoms. The van der Waals surface area contributed by atoms with E-state index in [2.05, 4.69) is 6.58 Å². The first-order valence-corrected chi connectivity index (χ1v) is 14.3. The number of hydrogen-bond acceptors (Lipinski definition) is 6. The maximum absolute atomic E-state index is 12.6. The predicted octanol–water partition coefficient (Wildman–Crippen LogP) is 8.47. The molecule has 0 aliphatic heterocycles. The maximum Gasteiger partial charge on any atom is 0.343 e. The fourth-order valence-corrected chi connectivity index (χ4v) is 4.34. The van der Waals surface area contributed by atoms with Gasteiger partial charge >= 0.3 is 11.9 Å². The van der Waals surface area contributed by atoms with Gasteiger partial charge in [0.2, 0.25) is 0 Å². The van der Waals surface area contributed by atoms with Gasteiger partial charge in [0, 0.05) is 5.57 Å².